The Labute approximate surface area is 118 Å². The van der Waals surface area contributed by atoms with E-state index in [0.717, 1.165) is 10.6 Å². The summed E-state index contributed by atoms with van der Waals surface area (Å²) in [5, 5.41) is 2.03. The van der Waals surface area contributed by atoms with Crippen LogP contribution in [0.3, 0.4) is 0 Å². The van der Waals surface area contributed by atoms with Crippen LogP contribution >= 0.6 is 11.3 Å². The molecule has 2 aromatic rings. The van der Waals surface area contributed by atoms with Crippen LogP contribution in [0.5, 0.6) is 5.75 Å². The number of hydrogen-bond donors (Lipinski definition) is 1. The van der Waals surface area contributed by atoms with E-state index >= 15 is 0 Å². The van der Waals surface area contributed by atoms with Crippen LogP contribution in [0.4, 0.5) is 0 Å². The minimum absolute atomic E-state index is 0.0813. The van der Waals surface area contributed by atoms with Crippen molar-refractivity contribution in [3.8, 4) is 5.75 Å². The molecule has 2 N–H and O–H groups in total. The molecule has 19 heavy (non-hydrogen) atoms. The first-order chi connectivity index (χ1) is 9.29. The molecule has 0 fully saturated rings. The third-order valence-corrected chi connectivity index (χ3v) is 4.87. The van der Waals surface area contributed by atoms with Crippen molar-refractivity contribution in [2.75, 3.05) is 7.11 Å². The van der Waals surface area contributed by atoms with Crippen LogP contribution < -0.4 is 10.5 Å². The molecule has 1 aliphatic carbocycles. The fourth-order valence-electron chi connectivity index (χ4n) is 2.80. The van der Waals surface area contributed by atoms with Crippen molar-refractivity contribution in [1.82, 2.24) is 0 Å². The highest BCUT2D eigenvalue weighted by molar-refractivity contribution is 7.10. The summed E-state index contributed by atoms with van der Waals surface area (Å²) < 4.78 is 5.37. The molecule has 0 aliphatic heterocycles. The van der Waals surface area contributed by atoms with Crippen LogP contribution in [0.15, 0.2) is 29.6 Å². The number of ether oxygens (including phenoxy) is 1. The summed E-state index contributed by atoms with van der Waals surface area (Å²) in [6, 6.07) is 8.62. The maximum atomic E-state index is 6.40. The topological polar surface area (TPSA) is 35.2 Å². The lowest BCUT2D eigenvalue weighted by Gasteiger charge is -2.19. The minimum Gasteiger partial charge on any atom is -0.496 e. The fraction of sp³-hybridized carbons (Fsp3) is 0.375. The molecule has 0 saturated carbocycles. The zero-order valence-corrected chi connectivity index (χ0v) is 12.0. The number of thiophene rings is 1. The highest BCUT2D eigenvalue weighted by Gasteiger charge is 2.17. The van der Waals surface area contributed by atoms with Gasteiger partial charge in [0, 0.05) is 0 Å². The van der Waals surface area contributed by atoms with Gasteiger partial charge in [0.1, 0.15) is 5.75 Å². The Balaban J connectivity index is 1.93. The van der Waals surface area contributed by atoms with Crippen LogP contribution in [-0.4, -0.2) is 7.11 Å². The van der Waals surface area contributed by atoms with Crippen LogP contribution in [-0.2, 0) is 12.8 Å². The normalized spacial score (nSPS) is 15.9. The van der Waals surface area contributed by atoms with Crippen LogP contribution in [0.2, 0.25) is 0 Å². The minimum atomic E-state index is -0.0813. The summed E-state index contributed by atoms with van der Waals surface area (Å²) in [5.74, 6) is 0.898. The van der Waals surface area contributed by atoms with Gasteiger partial charge in [0.2, 0.25) is 0 Å². The second-order valence-electron chi connectivity index (χ2n) is 5.07. The lowest BCUT2D eigenvalue weighted by Crippen LogP contribution is -2.13. The van der Waals surface area contributed by atoms with E-state index in [-0.39, 0.29) is 6.04 Å². The molecule has 0 saturated heterocycles. The Morgan fingerprint density at radius 3 is 2.74 bits per heavy atom. The second kappa shape index (κ2) is 5.35. The third kappa shape index (κ3) is 2.40. The molecule has 3 heteroatoms. The van der Waals surface area contributed by atoms with Crippen molar-refractivity contribution in [3.63, 3.8) is 0 Å². The summed E-state index contributed by atoms with van der Waals surface area (Å²) in [5.41, 5.74) is 10.6. The largest absolute Gasteiger partial charge is 0.496 e. The van der Waals surface area contributed by atoms with Gasteiger partial charge >= 0.3 is 0 Å². The molecule has 0 amide bonds. The van der Waals surface area contributed by atoms with E-state index in [9.17, 15) is 0 Å². The van der Waals surface area contributed by atoms with E-state index < -0.39 is 0 Å². The Bertz CT molecular complexity index is 576. The van der Waals surface area contributed by atoms with E-state index in [1.165, 1.54) is 42.4 Å². The predicted octanol–water partition coefficient (Wildman–Crippen LogP) is 3.68. The van der Waals surface area contributed by atoms with Gasteiger partial charge in [-0.15, -0.1) is 11.3 Å². The molecule has 0 radical (unpaired) electrons. The summed E-state index contributed by atoms with van der Waals surface area (Å²) >= 11 is 1.66. The zero-order valence-electron chi connectivity index (χ0n) is 11.2. The van der Waals surface area contributed by atoms with Gasteiger partial charge in [0.15, 0.2) is 0 Å². The van der Waals surface area contributed by atoms with Gasteiger partial charge in [-0.1, -0.05) is 18.2 Å². The SMILES string of the molecule is COc1ccsc1C(N)c1ccc2c(c1)CCCC2. The quantitative estimate of drug-likeness (QED) is 0.925. The average Bonchev–Trinajstić information content (AvgIpc) is 2.94. The van der Waals surface area contributed by atoms with Crippen molar-refractivity contribution in [1.29, 1.82) is 0 Å². The molecule has 1 aliphatic rings. The maximum Gasteiger partial charge on any atom is 0.134 e. The molecule has 100 valence electrons. The van der Waals surface area contributed by atoms with Crippen molar-refractivity contribution in [3.05, 3.63) is 51.2 Å². The van der Waals surface area contributed by atoms with Gasteiger partial charge in [-0.05, 0) is 53.8 Å². The van der Waals surface area contributed by atoms with Crippen molar-refractivity contribution < 1.29 is 4.74 Å². The van der Waals surface area contributed by atoms with E-state index in [1.807, 2.05) is 11.4 Å². The van der Waals surface area contributed by atoms with Crippen LogP contribution in [0, 0.1) is 0 Å². The standard InChI is InChI=1S/C16H19NOS/c1-18-14-8-9-19-16(14)15(17)13-7-6-11-4-2-3-5-12(11)10-13/h6-10,15H,2-5,17H2,1H3. The lowest BCUT2D eigenvalue weighted by atomic mass is 9.89. The molecular formula is C16H19NOS. The number of nitrogens with two attached hydrogens (primary N) is 1. The van der Waals surface area contributed by atoms with Crippen LogP contribution in [0.1, 0.15) is 40.5 Å². The molecule has 2 nitrogen and oxygen atoms in total. The number of benzene rings is 1. The summed E-state index contributed by atoms with van der Waals surface area (Å²) in [6.07, 6.45) is 5.02. The van der Waals surface area contributed by atoms with Crippen molar-refractivity contribution in [2.24, 2.45) is 5.73 Å². The molecular weight excluding hydrogens is 254 g/mol. The Kier molecular flexibility index (Phi) is 3.58. The predicted molar refractivity (Wildman–Crippen MR) is 80.0 cm³/mol. The van der Waals surface area contributed by atoms with Gasteiger partial charge in [-0.2, -0.15) is 0 Å². The second-order valence-corrected chi connectivity index (χ2v) is 6.01. The van der Waals surface area contributed by atoms with Gasteiger partial charge < -0.3 is 10.5 Å². The van der Waals surface area contributed by atoms with Gasteiger partial charge in [0.25, 0.3) is 0 Å². The maximum absolute atomic E-state index is 6.40. The molecule has 1 aromatic heterocycles. The van der Waals surface area contributed by atoms with Gasteiger partial charge in [-0.25, -0.2) is 0 Å². The van der Waals surface area contributed by atoms with E-state index in [2.05, 4.69) is 18.2 Å². The fourth-order valence-corrected chi connectivity index (χ4v) is 3.69. The number of fused-ring (bicyclic) bond motifs is 1. The molecule has 0 bridgehead atoms. The molecule has 0 spiro atoms. The van der Waals surface area contributed by atoms with Gasteiger partial charge in [-0.3, -0.25) is 0 Å². The summed E-state index contributed by atoms with van der Waals surface area (Å²) in [7, 11) is 1.70. The Hall–Kier alpha value is -1.32. The number of methoxy groups -OCH3 is 1. The van der Waals surface area contributed by atoms with Crippen LogP contribution in [0.25, 0.3) is 0 Å². The molecule has 3 rings (SSSR count). The third-order valence-electron chi connectivity index (χ3n) is 3.89. The number of hydrogen-bond acceptors (Lipinski definition) is 3. The highest BCUT2D eigenvalue weighted by Crippen LogP contribution is 2.34. The van der Waals surface area contributed by atoms with E-state index in [1.54, 1.807) is 18.4 Å². The van der Waals surface area contributed by atoms with E-state index in [4.69, 9.17) is 10.5 Å². The monoisotopic (exact) mass is 273 g/mol. The lowest BCUT2D eigenvalue weighted by molar-refractivity contribution is 0.411. The zero-order chi connectivity index (χ0) is 13.2. The van der Waals surface area contributed by atoms with Crippen molar-refractivity contribution in [2.45, 2.75) is 31.7 Å². The first-order valence-electron chi connectivity index (χ1n) is 6.78. The molecule has 1 aromatic carbocycles. The average molecular weight is 273 g/mol. The van der Waals surface area contributed by atoms with Crippen molar-refractivity contribution >= 4 is 11.3 Å². The highest BCUT2D eigenvalue weighted by atomic mass is 32.1. The number of rotatable bonds is 3. The Morgan fingerprint density at radius 2 is 1.95 bits per heavy atom. The number of aryl methyl sites for hydroxylation is 2. The molecule has 1 heterocycles. The van der Waals surface area contributed by atoms with Gasteiger partial charge in [0.05, 0.1) is 18.0 Å². The summed E-state index contributed by atoms with van der Waals surface area (Å²) in [6.45, 7) is 0. The summed E-state index contributed by atoms with van der Waals surface area (Å²) in [4.78, 5) is 1.11. The molecule has 1 atom stereocenters. The van der Waals surface area contributed by atoms with E-state index in [0.29, 0.717) is 0 Å². The Morgan fingerprint density at radius 1 is 1.16 bits per heavy atom. The smallest absolute Gasteiger partial charge is 0.134 e. The first-order valence-corrected chi connectivity index (χ1v) is 7.66. The first kappa shape index (κ1) is 12.7. The molecule has 1 unspecified atom stereocenters.